The first-order valence-electron chi connectivity index (χ1n) is 6.41. The minimum atomic E-state index is -0.0475. The van der Waals surface area contributed by atoms with Gasteiger partial charge >= 0.3 is 0 Å². The average Bonchev–Trinajstić information content (AvgIpc) is 2.45. The molecule has 0 saturated carbocycles. The standard InChI is InChI=1S/C15H14ClN3O/c16-12-6-11(7-13(17)8-12)15(20)19-5-3-14-10(9-19)2-1-4-18-14/h1-2,4,6-8H,3,5,9,17H2. The molecule has 20 heavy (non-hydrogen) atoms. The van der Waals surface area contributed by atoms with E-state index in [1.54, 1.807) is 29.3 Å². The van der Waals surface area contributed by atoms with E-state index in [0.29, 0.717) is 29.4 Å². The fraction of sp³-hybridized carbons (Fsp3) is 0.200. The summed E-state index contributed by atoms with van der Waals surface area (Å²) in [5, 5.41) is 0.479. The number of anilines is 1. The molecule has 102 valence electrons. The van der Waals surface area contributed by atoms with Gasteiger partial charge in [-0.05, 0) is 29.8 Å². The van der Waals surface area contributed by atoms with Crippen LogP contribution in [-0.4, -0.2) is 22.3 Å². The van der Waals surface area contributed by atoms with Gasteiger partial charge in [0.15, 0.2) is 0 Å². The van der Waals surface area contributed by atoms with Crippen molar-refractivity contribution in [2.75, 3.05) is 12.3 Å². The SMILES string of the molecule is Nc1cc(Cl)cc(C(=O)N2CCc3ncccc3C2)c1. The van der Waals surface area contributed by atoms with Crippen LogP contribution in [0, 0.1) is 0 Å². The van der Waals surface area contributed by atoms with E-state index in [2.05, 4.69) is 4.98 Å². The number of carbonyl (C=O) groups is 1. The number of nitrogens with two attached hydrogens (primary N) is 1. The van der Waals surface area contributed by atoms with Gasteiger partial charge in [0.2, 0.25) is 0 Å². The third-order valence-electron chi connectivity index (χ3n) is 3.42. The van der Waals surface area contributed by atoms with E-state index in [1.807, 2.05) is 12.1 Å². The normalized spacial score (nSPS) is 13.9. The van der Waals surface area contributed by atoms with Crippen molar-refractivity contribution in [3.63, 3.8) is 0 Å². The number of hydrogen-bond donors (Lipinski definition) is 1. The van der Waals surface area contributed by atoms with Crippen molar-refractivity contribution in [2.45, 2.75) is 13.0 Å². The van der Waals surface area contributed by atoms with Crippen LogP contribution in [0.25, 0.3) is 0 Å². The molecular weight excluding hydrogens is 274 g/mol. The minimum absolute atomic E-state index is 0.0475. The van der Waals surface area contributed by atoms with Gasteiger partial charge in [-0.25, -0.2) is 0 Å². The van der Waals surface area contributed by atoms with Gasteiger partial charge in [0.05, 0.1) is 0 Å². The van der Waals surface area contributed by atoms with Crippen molar-refractivity contribution in [1.82, 2.24) is 9.88 Å². The zero-order valence-corrected chi connectivity index (χ0v) is 11.6. The van der Waals surface area contributed by atoms with Crippen LogP contribution in [0.3, 0.4) is 0 Å². The highest BCUT2D eigenvalue weighted by atomic mass is 35.5. The van der Waals surface area contributed by atoms with Gasteiger partial charge in [-0.1, -0.05) is 17.7 Å². The predicted molar refractivity (Wildman–Crippen MR) is 78.5 cm³/mol. The number of carbonyl (C=O) groups excluding carboxylic acids is 1. The molecule has 2 N–H and O–H groups in total. The Morgan fingerprint density at radius 1 is 1.35 bits per heavy atom. The molecule has 5 heteroatoms. The summed E-state index contributed by atoms with van der Waals surface area (Å²) in [5.74, 6) is -0.0475. The maximum atomic E-state index is 12.5. The Kier molecular flexibility index (Phi) is 3.32. The van der Waals surface area contributed by atoms with Crippen molar-refractivity contribution in [3.05, 3.63) is 58.4 Å². The van der Waals surface area contributed by atoms with Crippen molar-refractivity contribution in [2.24, 2.45) is 0 Å². The molecule has 0 atom stereocenters. The summed E-state index contributed by atoms with van der Waals surface area (Å²) in [7, 11) is 0. The molecule has 1 aliphatic rings. The molecule has 3 rings (SSSR count). The fourth-order valence-corrected chi connectivity index (χ4v) is 2.70. The second-order valence-electron chi connectivity index (χ2n) is 4.86. The van der Waals surface area contributed by atoms with E-state index < -0.39 is 0 Å². The van der Waals surface area contributed by atoms with Crippen LogP contribution in [0.1, 0.15) is 21.6 Å². The van der Waals surface area contributed by atoms with Crippen molar-refractivity contribution in [3.8, 4) is 0 Å². The molecule has 2 heterocycles. The molecule has 0 aliphatic carbocycles. The molecule has 0 saturated heterocycles. The number of rotatable bonds is 1. The van der Waals surface area contributed by atoms with Crippen LogP contribution >= 0.6 is 11.6 Å². The second-order valence-corrected chi connectivity index (χ2v) is 5.30. The number of fused-ring (bicyclic) bond motifs is 1. The first-order valence-corrected chi connectivity index (χ1v) is 6.79. The molecule has 1 aliphatic heterocycles. The van der Waals surface area contributed by atoms with E-state index in [-0.39, 0.29) is 5.91 Å². The Labute approximate surface area is 122 Å². The van der Waals surface area contributed by atoms with Crippen LogP contribution in [0.5, 0.6) is 0 Å². The summed E-state index contributed by atoms with van der Waals surface area (Å²) >= 11 is 5.95. The molecule has 0 spiro atoms. The van der Waals surface area contributed by atoms with E-state index in [9.17, 15) is 4.79 Å². The highest BCUT2D eigenvalue weighted by Gasteiger charge is 2.22. The van der Waals surface area contributed by atoms with Crippen molar-refractivity contribution in [1.29, 1.82) is 0 Å². The highest BCUT2D eigenvalue weighted by Crippen LogP contribution is 2.22. The number of halogens is 1. The highest BCUT2D eigenvalue weighted by molar-refractivity contribution is 6.31. The van der Waals surface area contributed by atoms with E-state index >= 15 is 0 Å². The molecular formula is C15H14ClN3O. The van der Waals surface area contributed by atoms with Gasteiger partial charge in [-0.2, -0.15) is 0 Å². The molecule has 1 amide bonds. The Balaban J connectivity index is 1.86. The van der Waals surface area contributed by atoms with E-state index in [0.717, 1.165) is 17.7 Å². The molecule has 1 aromatic heterocycles. The lowest BCUT2D eigenvalue weighted by Gasteiger charge is -2.28. The van der Waals surface area contributed by atoms with Crippen LogP contribution in [0.4, 0.5) is 5.69 Å². The molecule has 0 fully saturated rings. The van der Waals surface area contributed by atoms with Crippen molar-refractivity contribution < 1.29 is 4.79 Å². The smallest absolute Gasteiger partial charge is 0.254 e. The number of benzene rings is 1. The second kappa shape index (κ2) is 5.13. The molecule has 2 aromatic rings. The summed E-state index contributed by atoms with van der Waals surface area (Å²) in [6, 6.07) is 8.85. The van der Waals surface area contributed by atoms with Crippen LogP contribution in [0.15, 0.2) is 36.5 Å². The van der Waals surface area contributed by atoms with Crippen LogP contribution in [-0.2, 0) is 13.0 Å². The number of nitrogen functional groups attached to an aromatic ring is 1. The third kappa shape index (κ3) is 2.47. The topological polar surface area (TPSA) is 59.2 Å². The molecule has 0 unspecified atom stereocenters. The first kappa shape index (κ1) is 12.9. The number of hydrogen-bond acceptors (Lipinski definition) is 3. The van der Waals surface area contributed by atoms with E-state index in [4.69, 9.17) is 17.3 Å². The fourth-order valence-electron chi connectivity index (χ4n) is 2.46. The summed E-state index contributed by atoms with van der Waals surface area (Å²) in [4.78, 5) is 18.6. The summed E-state index contributed by atoms with van der Waals surface area (Å²) < 4.78 is 0. The number of aromatic nitrogens is 1. The van der Waals surface area contributed by atoms with Crippen LogP contribution < -0.4 is 5.73 Å². The van der Waals surface area contributed by atoms with Gasteiger partial charge in [0, 0.05) is 47.7 Å². The van der Waals surface area contributed by atoms with Gasteiger partial charge in [0.25, 0.3) is 5.91 Å². The lowest BCUT2D eigenvalue weighted by Crippen LogP contribution is -2.36. The number of amides is 1. The van der Waals surface area contributed by atoms with Crippen molar-refractivity contribution >= 4 is 23.2 Å². The van der Waals surface area contributed by atoms with Gasteiger partial charge in [-0.15, -0.1) is 0 Å². The van der Waals surface area contributed by atoms with Gasteiger partial charge < -0.3 is 10.6 Å². The predicted octanol–water partition coefficient (Wildman–Crippen LogP) is 2.52. The Bertz CT molecular complexity index is 652. The Morgan fingerprint density at radius 2 is 2.20 bits per heavy atom. The number of pyridine rings is 1. The minimum Gasteiger partial charge on any atom is -0.399 e. The maximum absolute atomic E-state index is 12.5. The Hall–Kier alpha value is -2.07. The molecule has 0 bridgehead atoms. The average molecular weight is 288 g/mol. The summed E-state index contributed by atoms with van der Waals surface area (Å²) in [6.07, 6.45) is 2.56. The lowest BCUT2D eigenvalue weighted by atomic mass is 10.0. The maximum Gasteiger partial charge on any atom is 0.254 e. The van der Waals surface area contributed by atoms with Gasteiger partial charge in [0.1, 0.15) is 0 Å². The monoisotopic (exact) mass is 287 g/mol. The molecule has 0 radical (unpaired) electrons. The van der Waals surface area contributed by atoms with E-state index in [1.165, 1.54) is 0 Å². The largest absolute Gasteiger partial charge is 0.399 e. The molecule has 4 nitrogen and oxygen atoms in total. The zero-order chi connectivity index (χ0) is 14.1. The first-order chi connectivity index (χ1) is 9.63. The zero-order valence-electron chi connectivity index (χ0n) is 10.8. The summed E-state index contributed by atoms with van der Waals surface area (Å²) in [6.45, 7) is 1.24. The lowest BCUT2D eigenvalue weighted by molar-refractivity contribution is 0.0733. The Morgan fingerprint density at radius 3 is 3.00 bits per heavy atom. The third-order valence-corrected chi connectivity index (χ3v) is 3.64. The summed E-state index contributed by atoms with van der Waals surface area (Å²) in [5.41, 5.74) is 8.94. The van der Waals surface area contributed by atoms with Crippen LogP contribution in [0.2, 0.25) is 5.02 Å². The molecule has 1 aromatic carbocycles. The van der Waals surface area contributed by atoms with Gasteiger partial charge in [-0.3, -0.25) is 9.78 Å². The number of nitrogens with zero attached hydrogens (tertiary/aromatic N) is 2. The quantitative estimate of drug-likeness (QED) is 0.820.